The van der Waals surface area contributed by atoms with E-state index < -0.39 is 0 Å². The summed E-state index contributed by atoms with van der Waals surface area (Å²) in [5, 5.41) is 0. The van der Waals surface area contributed by atoms with E-state index in [-0.39, 0.29) is 5.91 Å². The smallest absolute Gasteiger partial charge is 0.248 e. The number of carbonyl (C=O) groups excluding carboxylic acids is 1. The van der Waals surface area contributed by atoms with Crippen LogP contribution >= 0.6 is 11.3 Å². The van der Waals surface area contributed by atoms with Gasteiger partial charge >= 0.3 is 0 Å². The third kappa shape index (κ3) is 3.01. The number of fused-ring (bicyclic) bond motifs is 1. The van der Waals surface area contributed by atoms with E-state index in [4.69, 9.17) is 0 Å². The fourth-order valence-electron chi connectivity index (χ4n) is 2.36. The van der Waals surface area contributed by atoms with Crippen LogP contribution in [0.3, 0.4) is 0 Å². The molecule has 0 fully saturated rings. The van der Waals surface area contributed by atoms with Crippen LogP contribution in [0.5, 0.6) is 0 Å². The highest BCUT2D eigenvalue weighted by Gasteiger charge is 2.09. The van der Waals surface area contributed by atoms with E-state index in [1.807, 2.05) is 0 Å². The zero-order valence-corrected chi connectivity index (χ0v) is 13.3. The molecule has 0 saturated carbocycles. The molecule has 1 amide bonds. The summed E-state index contributed by atoms with van der Waals surface area (Å²) in [5.41, 5.74) is 2.56. The summed E-state index contributed by atoms with van der Waals surface area (Å²) >= 11 is 1.62. The fourth-order valence-corrected chi connectivity index (χ4v) is 3.52. The first kappa shape index (κ1) is 15.0. The first-order valence-corrected chi connectivity index (χ1v) is 8.21. The highest BCUT2D eigenvalue weighted by Crippen LogP contribution is 2.22. The van der Waals surface area contributed by atoms with Gasteiger partial charge in [0.05, 0.1) is 10.2 Å². The van der Waals surface area contributed by atoms with Gasteiger partial charge in [0.2, 0.25) is 5.91 Å². The highest BCUT2D eigenvalue weighted by atomic mass is 32.1. The van der Waals surface area contributed by atoms with E-state index in [2.05, 4.69) is 48.5 Å². The molecule has 0 atom stereocenters. The lowest BCUT2D eigenvalue weighted by molar-refractivity contribution is -0.118. The van der Waals surface area contributed by atoms with Gasteiger partial charge in [-0.1, -0.05) is 43.7 Å². The third-order valence-electron chi connectivity index (χ3n) is 3.45. The molecular weight excluding hydrogens is 268 g/mol. The summed E-state index contributed by atoms with van der Waals surface area (Å²) in [4.78, 5) is 17.1. The van der Waals surface area contributed by atoms with Crippen LogP contribution in [0, 0.1) is 0 Å². The molecule has 1 aromatic carbocycles. The molecular formula is C16H22N2OS. The predicted octanol–water partition coefficient (Wildman–Crippen LogP) is 3.90. The van der Waals surface area contributed by atoms with Gasteiger partial charge in [-0.05, 0) is 31.4 Å². The summed E-state index contributed by atoms with van der Waals surface area (Å²) in [6, 6.07) is 6.35. The van der Waals surface area contributed by atoms with Crippen LogP contribution in [-0.4, -0.2) is 10.5 Å². The minimum Gasteiger partial charge on any atom is -0.316 e. The molecule has 4 heteroatoms. The van der Waals surface area contributed by atoms with Crippen LogP contribution < -0.4 is 4.80 Å². The number of carbonyl (C=O) groups is 1. The van der Waals surface area contributed by atoms with Gasteiger partial charge in [-0.15, -0.1) is 0 Å². The number of hydrogen-bond donors (Lipinski definition) is 0. The van der Waals surface area contributed by atoms with E-state index in [1.165, 1.54) is 15.8 Å². The van der Waals surface area contributed by atoms with Crippen molar-refractivity contribution in [1.82, 2.24) is 4.57 Å². The quantitative estimate of drug-likeness (QED) is 0.822. The Kier molecular flexibility index (Phi) is 5.12. The monoisotopic (exact) mass is 290 g/mol. The van der Waals surface area contributed by atoms with Crippen molar-refractivity contribution >= 4 is 27.5 Å². The standard InChI is InChI=1S/C16H22N2OS/c1-4-7-11-14(19)17-16-18(6-3)15-12(5-2)9-8-10-13(15)20-16/h8-10H,4-7,11H2,1-3H3. The number of thiazole rings is 1. The minimum atomic E-state index is -0.00125. The Labute approximate surface area is 124 Å². The number of benzene rings is 1. The molecule has 3 nitrogen and oxygen atoms in total. The van der Waals surface area contributed by atoms with Gasteiger partial charge in [-0.25, -0.2) is 0 Å². The third-order valence-corrected chi connectivity index (χ3v) is 4.49. The zero-order valence-electron chi connectivity index (χ0n) is 12.5. The molecule has 0 aliphatic rings. The second-order valence-electron chi connectivity index (χ2n) is 4.86. The number of aromatic nitrogens is 1. The van der Waals surface area contributed by atoms with E-state index in [0.29, 0.717) is 6.42 Å². The predicted molar refractivity (Wildman–Crippen MR) is 85.0 cm³/mol. The average molecular weight is 290 g/mol. The van der Waals surface area contributed by atoms with Crippen LogP contribution in [0.25, 0.3) is 10.2 Å². The Bertz CT molecular complexity index is 667. The second-order valence-corrected chi connectivity index (χ2v) is 5.86. The van der Waals surface area contributed by atoms with Gasteiger partial charge in [-0.2, -0.15) is 4.99 Å². The summed E-state index contributed by atoms with van der Waals surface area (Å²) in [6.45, 7) is 7.20. The molecule has 0 radical (unpaired) electrons. The Morgan fingerprint density at radius 1 is 1.30 bits per heavy atom. The molecule has 108 valence electrons. The zero-order chi connectivity index (χ0) is 14.5. The molecule has 1 aromatic heterocycles. The summed E-state index contributed by atoms with van der Waals surface area (Å²) in [7, 11) is 0. The number of hydrogen-bond acceptors (Lipinski definition) is 2. The molecule has 0 spiro atoms. The normalized spacial score (nSPS) is 12.2. The number of amides is 1. The number of rotatable bonds is 5. The largest absolute Gasteiger partial charge is 0.316 e. The second kappa shape index (κ2) is 6.84. The lowest BCUT2D eigenvalue weighted by Gasteiger charge is -2.05. The van der Waals surface area contributed by atoms with Crippen molar-refractivity contribution in [2.75, 3.05) is 0 Å². The fraction of sp³-hybridized carbons (Fsp3) is 0.500. The van der Waals surface area contributed by atoms with Gasteiger partial charge < -0.3 is 4.57 Å². The van der Waals surface area contributed by atoms with Gasteiger partial charge in [0, 0.05) is 13.0 Å². The molecule has 20 heavy (non-hydrogen) atoms. The maximum Gasteiger partial charge on any atom is 0.248 e. The maximum absolute atomic E-state index is 11.9. The molecule has 0 saturated heterocycles. The van der Waals surface area contributed by atoms with Crippen LogP contribution in [0.15, 0.2) is 23.2 Å². The highest BCUT2D eigenvalue weighted by molar-refractivity contribution is 7.16. The van der Waals surface area contributed by atoms with Crippen molar-refractivity contribution < 1.29 is 4.79 Å². The Hall–Kier alpha value is -1.42. The van der Waals surface area contributed by atoms with Crippen molar-refractivity contribution in [2.45, 2.75) is 53.0 Å². The minimum absolute atomic E-state index is 0.00125. The Morgan fingerprint density at radius 3 is 2.75 bits per heavy atom. The summed E-state index contributed by atoms with van der Waals surface area (Å²) in [6.07, 6.45) is 3.49. The van der Waals surface area contributed by atoms with E-state index >= 15 is 0 Å². The van der Waals surface area contributed by atoms with Crippen molar-refractivity contribution in [3.8, 4) is 0 Å². The lowest BCUT2D eigenvalue weighted by atomic mass is 10.1. The van der Waals surface area contributed by atoms with Gasteiger partial charge in [0.15, 0.2) is 4.80 Å². The van der Waals surface area contributed by atoms with E-state index in [0.717, 1.165) is 30.6 Å². The maximum atomic E-state index is 11.9. The Balaban J connectivity index is 2.54. The van der Waals surface area contributed by atoms with Gasteiger partial charge in [-0.3, -0.25) is 4.79 Å². The van der Waals surface area contributed by atoms with Gasteiger partial charge in [0.25, 0.3) is 0 Å². The number of para-hydroxylation sites is 1. The Morgan fingerprint density at radius 2 is 2.10 bits per heavy atom. The SMILES string of the molecule is CCCCC(=O)N=c1sc2cccc(CC)c2n1CC. The number of unbranched alkanes of at least 4 members (excludes halogenated alkanes) is 1. The average Bonchev–Trinajstić information content (AvgIpc) is 2.81. The van der Waals surface area contributed by atoms with E-state index in [9.17, 15) is 4.79 Å². The van der Waals surface area contributed by atoms with Crippen molar-refractivity contribution in [2.24, 2.45) is 4.99 Å². The molecule has 0 N–H and O–H groups in total. The molecule has 2 rings (SSSR count). The molecule has 0 aliphatic heterocycles. The van der Waals surface area contributed by atoms with Crippen molar-refractivity contribution in [3.05, 3.63) is 28.6 Å². The topological polar surface area (TPSA) is 34.4 Å². The van der Waals surface area contributed by atoms with Crippen LogP contribution in [0.1, 0.15) is 45.6 Å². The lowest BCUT2D eigenvalue weighted by Crippen LogP contribution is -2.16. The van der Waals surface area contributed by atoms with Crippen LogP contribution in [-0.2, 0) is 17.8 Å². The van der Waals surface area contributed by atoms with Crippen LogP contribution in [0.4, 0.5) is 0 Å². The summed E-state index contributed by atoms with van der Waals surface area (Å²) in [5.74, 6) is -0.00125. The summed E-state index contributed by atoms with van der Waals surface area (Å²) < 4.78 is 3.39. The van der Waals surface area contributed by atoms with Gasteiger partial charge in [0.1, 0.15) is 0 Å². The number of nitrogens with zero attached hydrogens (tertiary/aromatic N) is 2. The molecule has 2 aromatic rings. The molecule has 0 aliphatic carbocycles. The van der Waals surface area contributed by atoms with Crippen LogP contribution in [0.2, 0.25) is 0 Å². The van der Waals surface area contributed by atoms with Crippen molar-refractivity contribution in [1.29, 1.82) is 0 Å². The van der Waals surface area contributed by atoms with Crippen molar-refractivity contribution in [3.63, 3.8) is 0 Å². The van der Waals surface area contributed by atoms with E-state index in [1.54, 1.807) is 11.3 Å². The number of aryl methyl sites for hydroxylation is 2. The first-order valence-electron chi connectivity index (χ1n) is 7.40. The first-order chi connectivity index (χ1) is 9.71. The molecule has 0 bridgehead atoms. The molecule has 0 unspecified atom stereocenters. The molecule has 1 heterocycles.